The van der Waals surface area contributed by atoms with Crippen molar-refractivity contribution in [3.63, 3.8) is 0 Å². The number of likely N-dealkylation sites (N-methyl/N-ethyl adjacent to an activating group) is 1. The zero-order chi connectivity index (χ0) is 21.0. The predicted octanol–water partition coefficient (Wildman–Crippen LogP) is 3.07. The van der Waals surface area contributed by atoms with Crippen LogP contribution in [0.5, 0.6) is 5.75 Å². The van der Waals surface area contributed by atoms with Crippen molar-refractivity contribution in [3.8, 4) is 5.75 Å². The lowest BCUT2D eigenvalue weighted by Gasteiger charge is -2.26. The maximum Gasteiger partial charge on any atom is 0.295 e. The molecule has 1 saturated heterocycles. The molecular weight excluding hydrogens is 368 g/mol. The summed E-state index contributed by atoms with van der Waals surface area (Å²) in [7, 11) is 3.82. The van der Waals surface area contributed by atoms with E-state index in [4.69, 9.17) is 4.74 Å². The third kappa shape index (κ3) is 4.32. The monoisotopic (exact) mass is 394 g/mol. The lowest BCUT2D eigenvalue weighted by atomic mass is 9.95. The van der Waals surface area contributed by atoms with E-state index >= 15 is 0 Å². The van der Waals surface area contributed by atoms with Crippen LogP contribution < -0.4 is 4.74 Å². The number of benzene rings is 2. The molecule has 6 heteroatoms. The molecule has 3 rings (SSSR count). The Morgan fingerprint density at radius 3 is 2.31 bits per heavy atom. The number of rotatable bonds is 7. The Morgan fingerprint density at radius 2 is 1.72 bits per heavy atom. The van der Waals surface area contributed by atoms with Crippen molar-refractivity contribution in [3.05, 3.63) is 71.3 Å². The van der Waals surface area contributed by atoms with Gasteiger partial charge in [0, 0.05) is 18.7 Å². The van der Waals surface area contributed by atoms with Crippen LogP contribution >= 0.6 is 0 Å². The van der Waals surface area contributed by atoms with Crippen molar-refractivity contribution in [1.29, 1.82) is 0 Å². The number of hydrogen-bond donors (Lipinski definition) is 1. The Morgan fingerprint density at radius 1 is 1.07 bits per heavy atom. The van der Waals surface area contributed by atoms with E-state index in [2.05, 4.69) is 0 Å². The first kappa shape index (κ1) is 20.6. The molecule has 1 aliphatic heterocycles. The summed E-state index contributed by atoms with van der Waals surface area (Å²) in [5, 5.41) is 10.9. The summed E-state index contributed by atoms with van der Waals surface area (Å²) >= 11 is 0. The van der Waals surface area contributed by atoms with Gasteiger partial charge < -0.3 is 19.6 Å². The quantitative estimate of drug-likeness (QED) is 0.444. The van der Waals surface area contributed by atoms with Crippen molar-refractivity contribution in [2.45, 2.75) is 13.0 Å². The Balaban J connectivity index is 2.09. The first-order valence-electron chi connectivity index (χ1n) is 9.65. The molecule has 0 bridgehead atoms. The summed E-state index contributed by atoms with van der Waals surface area (Å²) < 4.78 is 5.50. The fraction of sp³-hybridized carbons (Fsp3) is 0.304. The van der Waals surface area contributed by atoms with E-state index < -0.39 is 17.7 Å². The highest BCUT2D eigenvalue weighted by Crippen LogP contribution is 2.39. The van der Waals surface area contributed by atoms with Crippen LogP contribution in [-0.2, 0) is 9.59 Å². The predicted molar refractivity (Wildman–Crippen MR) is 112 cm³/mol. The number of amides is 1. The van der Waals surface area contributed by atoms with Crippen LogP contribution in [0.1, 0.15) is 24.1 Å². The van der Waals surface area contributed by atoms with Gasteiger partial charge in [0.05, 0.1) is 18.2 Å². The Hall–Kier alpha value is -3.12. The van der Waals surface area contributed by atoms with Crippen LogP contribution in [0.4, 0.5) is 0 Å². The number of nitrogens with zero attached hydrogens (tertiary/aromatic N) is 2. The van der Waals surface area contributed by atoms with E-state index in [1.165, 1.54) is 4.90 Å². The fourth-order valence-electron chi connectivity index (χ4n) is 3.43. The summed E-state index contributed by atoms with van der Waals surface area (Å²) in [6.45, 7) is 3.44. The van der Waals surface area contributed by atoms with Crippen LogP contribution in [0.3, 0.4) is 0 Å². The zero-order valence-corrected chi connectivity index (χ0v) is 17.0. The number of carbonyl (C=O) groups excluding carboxylic acids is 2. The highest BCUT2D eigenvalue weighted by molar-refractivity contribution is 6.46. The lowest BCUT2D eigenvalue weighted by Crippen LogP contribution is -2.35. The first-order chi connectivity index (χ1) is 13.9. The van der Waals surface area contributed by atoms with Crippen LogP contribution in [0.25, 0.3) is 5.76 Å². The van der Waals surface area contributed by atoms with Crippen LogP contribution in [-0.4, -0.2) is 60.4 Å². The fourth-order valence-corrected chi connectivity index (χ4v) is 3.43. The Bertz CT molecular complexity index is 904. The number of carbonyl (C=O) groups is 2. The van der Waals surface area contributed by atoms with Gasteiger partial charge in [-0.25, -0.2) is 0 Å². The van der Waals surface area contributed by atoms with E-state index in [-0.39, 0.29) is 11.3 Å². The second-order valence-electron chi connectivity index (χ2n) is 7.16. The summed E-state index contributed by atoms with van der Waals surface area (Å²) in [5.74, 6) is -0.702. The standard InChI is InChI=1S/C23H26N2O4/c1-4-29-18-12-10-16(11-13-18)20-19(21(26)17-8-6-5-7-9-17)22(27)23(28)25(20)15-14-24(2)3/h5-13,20,26H,4,14-15H2,1-3H3/b21-19+/t20-/m1/s1. The molecule has 0 aromatic heterocycles. The smallest absolute Gasteiger partial charge is 0.295 e. The molecular formula is C23H26N2O4. The van der Waals surface area contributed by atoms with Crippen molar-refractivity contribution in [1.82, 2.24) is 9.80 Å². The molecule has 1 heterocycles. The van der Waals surface area contributed by atoms with Gasteiger partial charge in [-0.05, 0) is 38.7 Å². The van der Waals surface area contributed by atoms with Gasteiger partial charge in [-0.3, -0.25) is 9.59 Å². The summed E-state index contributed by atoms with van der Waals surface area (Å²) in [6, 6.07) is 15.5. The number of aliphatic hydroxyl groups is 1. The van der Waals surface area contributed by atoms with Gasteiger partial charge in [-0.2, -0.15) is 0 Å². The Kier molecular flexibility index (Phi) is 6.34. The molecule has 0 unspecified atom stereocenters. The van der Waals surface area contributed by atoms with E-state index in [9.17, 15) is 14.7 Å². The summed E-state index contributed by atoms with van der Waals surface area (Å²) in [5.41, 5.74) is 1.38. The molecule has 0 spiro atoms. The number of ketones is 1. The molecule has 152 valence electrons. The SMILES string of the molecule is CCOc1ccc([C@@H]2/C(=C(\O)c3ccccc3)C(=O)C(=O)N2CCN(C)C)cc1. The average Bonchev–Trinajstić information content (AvgIpc) is 2.98. The number of Topliss-reactive ketones (excluding diaryl/α,β-unsaturated/α-hetero) is 1. The second-order valence-corrected chi connectivity index (χ2v) is 7.16. The van der Waals surface area contributed by atoms with E-state index in [1.54, 1.807) is 24.3 Å². The molecule has 0 radical (unpaired) electrons. The van der Waals surface area contributed by atoms with E-state index in [1.807, 2.05) is 56.3 Å². The maximum atomic E-state index is 12.9. The molecule has 6 nitrogen and oxygen atoms in total. The highest BCUT2D eigenvalue weighted by Gasteiger charge is 2.45. The highest BCUT2D eigenvalue weighted by atomic mass is 16.5. The molecule has 1 N–H and O–H groups in total. The van der Waals surface area contributed by atoms with Crippen LogP contribution in [0, 0.1) is 0 Å². The van der Waals surface area contributed by atoms with Gasteiger partial charge in [0.25, 0.3) is 11.7 Å². The van der Waals surface area contributed by atoms with Gasteiger partial charge in [0.2, 0.25) is 0 Å². The van der Waals surface area contributed by atoms with Gasteiger partial charge >= 0.3 is 0 Å². The van der Waals surface area contributed by atoms with Gasteiger partial charge in [-0.1, -0.05) is 42.5 Å². The minimum absolute atomic E-state index is 0.115. The topological polar surface area (TPSA) is 70.1 Å². The normalized spacial score (nSPS) is 18.5. The molecule has 2 aromatic rings. The van der Waals surface area contributed by atoms with E-state index in [0.29, 0.717) is 31.0 Å². The number of ether oxygens (including phenoxy) is 1. The zero-order valence-electron chi connectivity index (χ0n) is 17.0. The first-order valence-corrected chi connectivity index (χ1v) is 9.65. The third-order valence-electron chi connectivity index (χ3n) is 4.88. The van der Waals surface area contributed by atoms with Crippen LogP contribution in [0.2, 0.25) is 0 Å². The summed E-state index contributed by atoms with van der Waals surface area (Å²) in [6.07, 6.45) is 0. The van der Waals surface area contributed by atoms with Crippen molar-refractivity contribution in [2.75, 3.05) is 33.8 Å². The molecule has 0 aliphatic carbocycles. The van der Waals surface area contributed by atoms with Crippen molar-refractivity contribution < 1.29 is 19.4 Å². The molecule has 1 fully saturated rings. The number of hydrogen-bond acceptors (Lipinski definition) is 5. The number of likely N-dealkylation sites (tertiary alicyclic amines) is 1. The van der Waals surface area contributed by atoms with Crippen molar-refractivity contribution in [2.24, 2.45) is 0 Å². The summed E-state index contributed by atoms with van der Waals surface area (Å²) in [4.78, 5) is 29.2. The van der Waals surface area contributed by atoms with E-state index in [0.717, 1.165) is 5.56 Å². The molecule has 29 heavy (non-hydrogen) atoms. The average molecular weight is 394 g/mol. The van der Waals surface area contributed by atoms with Gasteiger partial charge in [-0.15, -0.1) is 0 Å². The lowest BCUT2D eigenvalue weighted by molar-refractivity contribution is -0.140. The molecule has 1 atom stereocenters. The van der Waals surface area contributed by atoms with Gasteiger partial charge in [0.15, 0.2) is 0 Å². The number of aliphatic hydroxyl groups excluding tert-OH is 1. The largest absolute Gasteiger partial charge is 0.507 e. The minimum atomic E-state index is -0.663. The maximum absolute atomic E-state index is 12.9. The molecule has 2 aromatic carbocycles. The Labute approximate surface area is 171 Å². The van der Waals surface area contributed by atoms with Crippen LogP contribution in [0.15, 0.2) is 60.2 Å². The molecule has 1 aliphatic rings. The van der Waals surface area contributed by atoms with Crippen molar-refractivity contribution >= 4 is 17.4 Å². The molecule has 1 amide bonds. The molecule has 0 saturated carbocycles. The minimum Gasteiger partial charge on any atom is -0.507 e. The third-order valence-corrected chi connectivity index (χ3v) is 4.88. The van der Waals surface area contributed by atoms with Gasteiger partial charge in [0.1, 0.15) is 11.5 Å². The second kappa shape index (κ2) is 8.92.